The zero-order chi connectivity index (χ0) is 13.1. The Morgan fingerprint density at radius 3 is 2.78 bits per heavy atom. The molecular weight excluding hydrogens is 308 g/mol. The fraction of sp³-hybridized carbons (Fsp3) is 0.214. The summed E-state index contributed by atoms with van der Waals surface area (Å²) in [6.45, 7) is 2.81. The van der Waals surface area contributed by atoms with Crippen molar-refractivity contribution in [3.63, 3.8) is 0 Å². The number of hydrogen-bond acceptors (Lipinski definition) is 3. The largest absolute Gasteiger partial charge is 0.368 e. The van der Waals surface area contributed by atoms with Crippen LogP contribution in [0.25, 0.3) is 0 Å². The number of aryl methyl sites for hydroxylation is 1. The molecule has 0 aliphatic rings. The Balaban J connectivity index is 2.24. The van der Waals surface area contributed by atoms with E-state index in [4.69, 9.17) is 0 Å². The maximum absolute atomic E-state index is 9.18. The van der Waals surface area contributed by atoms with Crippen molar-refractivity contribution in [2.75, 3.05) is 11.9 Å². The number of rotatable bonds is 3. The second kappa shape index (κ2) is 5.55. The van der Waals surface area contributed by atoms with Crippen molar-refractivity contribution >= 4 is 33.0 Å². The lowest BCUT2D eigenvalue weighted by Gasteiger charge is -2.20. The highest BCUT2D eigenvalue weighted by atomic mass is 79.9. The topological polar surface area (TPSA) is 27.0 Å². The van der Waals surface area contributed by atoms with E-state index in [0.717, 1.165) is 27.8 Å². The molecule has 0 N–H and O–H groups in total. The number of hydrogen-bond donors (Lipinski definition) is 0. The van der Waals surface area contributed by atoms with Crippen molar-refractivity contribution in [3.05, 3.63) is 50.1 Å². The Hall–Kier alpha value is -1.31. The van der Waals surface area contributed by atoms with Gasteiger partial charge in [-0.3, -0.25) is 0 Å². The van der Waals surface area contributed by atoms with E-state index >= 15 is 0 Å². The minimum atomic E-state index is 0.730. The Morgan fingerprint density at radius 1 is 1.39 bits per heavy atom. The van der Waals surface area contributed by atoms with Gasteiger partial charge in [-0.2, -0.15) is 5.26 Å². The smallest absolute Gasteiger partial charge is 0.101 e. The summed E-state index contributed by atoms with van der Waals surface area (Å²) in [5.74, 6) is 0. The molecule has 2 nitrogen and oxygen atoms in total. The van der Waals surface area contributed by atoms with Gasteiger partial charge in [0.2, 0.25) is 0 Å². The van der Waals surface area contributed by atoms with Crippen LogP contribution in [0.15, 0.2) is 34.1 Å². The van der Waals surface area contributed by atoms with Crippen molar-refractivity contribution in [1.29, 1.82) is 5.26 Å². The maximum atomic E-state index is 9.18. The molecule has 0 bridgehead atoms. The molecule has 2 rings (SSSR count). The normalized spacial score (nSPS) is 10.1. The van der Waals surface area contributed by atoms with Gasteiger partial charge in [0.15, 0.2) is 0 Å². The van der Waals surface area contributed by atoms with Crippen LogP contribution in [0, 0.1) is 18.3 Å². The van der Waals surface area contributed by atoms with Crippen LogP contribution in [0.1, 0.15) is 16.0 Å². The second-order valence-corrected chi connectivity index (χ2v) is 6.13. The molecule has 1 heterocycles. The quantitative estimate of drug-likeness (QED) is 0.841. The molecule has 0 aliphatic carbocycles. The third-order valence-electron chi connectivity index (χ3n) is 2.70. The first-order valence-electron chi connectivity index (χ1n) is 5.55. The number of nitriles is 1. The highest BCUT2D eigenvalue weighted by Crippen LogP contribution is 2.25. The zero-order valence-electron chi connectivity index (χ0n) is 10.3. The lowest BCUT2D eigenvalue weighted by molar-refractivity contribution is 0.937. The zero-order valence-corrected chi connectivity index (χ0v) is 12.7. The molecular formula is C14H13BrN2S. The number of halogens is 1. The van der Waals surface area contributed by atoms with Gasteiger partial charge in [-0.15, -0.1) is 11.3 Å². The molecule has 92 valence electrons. The van der Waals surface area contributed by atoms with Gasteiger partial charge < -0.3 is 4.90 Å². The van der Waals surface area contributed by atoms with Gasteiger partial charge in [-0.05, 0) is 46.6 Å². The molecule has 4 heteroatoms. The van der Waals surface area contributed by atoms with Crippen LogP contribution in [0.3, 0.4) is 0 Å². The van der Waals surface area contributed by atoms with E-state index < -0.39 is 0 Å². The Kier molecular flexibility index (Phi) is 4.05. The van der Waals surface area contributed by atoms with Crippen molar-refractivity contribution in [3.8, 4) is 6.07 Å². The first kappa shape index (κ1) is 13.1. The fourth-order valence-electron chi connectivity index (χ4n) is 1.83. The van der Waals surface area contributed by atoms with Gasteiger partial charge >= 0.3 is 0 Å². The minimum absolute atomic E-state index is 0.730. The van der Waals surface area contributed by atoms with Crippen LogP contribution in [-0.2, 0) is 6.54 Å². The number of thiophene rings is 1. The first-order chi connectivity index (χ1) is 8.60. The molecule has 2 aromatic rings. The van der Waals surface area contributed by atoms with Crippen LogP contribution < -0.4 is 4.90 Å². The summed E-state index contributed by atoms with van der Waals surface area (Å²) >= 11 is 5.17. The molecule has 0 saturated carbocycles. The van der Waals surface area contributed by atoms with E-state index in [1.165, 1.54) is 4.88 Å². The third-order valence-corrected chi connectivity index (χ3v) is 4.38. The Morgan fingerprint density at radius 2 is 2.17 bits per heavy atom. The summed E-state index contributed by atoms with van der Waals surface area (Å²) in [5, 5.41) is 11.3. The van der Waals surface area contributed by atoms with Crippen molar-refractivity contribution in [2.24, 2.45) is 0 Å². The molecule has 0 aliphatic heterocycles. The monoisotopic (exact) mass is 320 g/mol. The second-order valence-electron chi connectivity index (χ2n) is 4.22. The SMILES string of the molecule is Cc1ccc(N(C)Cc2cc(Br)cs2)c(C#N)c1. The Bertz CT molecular complexity index is 598. The lowest BCUT2D eigenvalue weighted by Crippen LogP contribution is -2.16. The van der Waals surface area contributed by atoms with Crippen LogP contribution in [0.2, 0.25) is 0 Å². The molecule has 1 aromatic heterocycles. The number of nitrogens with zero attached hydrogens (tertiary/aromatic N) is 2. The van der Waals surface area contributed by atoms with Gasteiger partial charge in [0.05, 0.1) is 17.8 Å². The van der Waals surface area contributed by atoms with Gasteiger partial charge in [-0.25, -0.2) is 0 Å². The summed E-state index contributed by atoms with van der Waals surface area (Å²) < 4.78 is 1.11. The summed E-state index contributed by atoms with van der Waals surface area (Å²) in [5.41, 5.74) is 2.82. The summed E-state index contributed by atoms with van der Waals surface area (Å²) in [6, 6.07) is 10.3. The molecule has 0 radical (unpaired) electrons. The summed E-state index contributed by atoms with van der Waals surface area (Å²) in [4.78, 5) is 3.38. The van der Waals surface area contributed by atoms with Gasteiger partial charge in [0.25, 0.3) is 0 Å². The number of benzene rings is 1. The molecule has 0 fully saturated rings. The van der Waals surface area contributed by atoms with Gasteiger partial charge in [-0.1, -0.05) is 6.07 Å². The average molecular weight is 321 g/mol. The first-order valence-corrected chi connectivity index (χ1v) is 7.22. The van der Waals surface area contributed by atoms with E-state index in [1.54, 1.807) is 11.3 Å². The minimum Gasteiger partial charge on any atom is -0.368 e. The average Bonchev–Trinajstić information content (AvgIpc) is 2.74. The van der Waals surface area contributed by atoms with Gasteiger partial charge in [0, 0.05) is 21.8 Å². The van der Waals surface area contributed by atoms with Crippen LogP contribution >= 0.6 is 27.3 Å². The van der Waals surface area contributed by atoms with Crippen molar-refractivity contribution in [1.82, 2.24) is 0 Å². The van der Waals surface area contributed by atoms with E-state index in [2.05, 4.69) is 38.3 Å². The Labute approximate surface area is 120 Å². The van der Waals surface area contributed by atoms with E-state index in [0.29, 0.717) is 0 Å². The summed E-state index contributed by atoms with van der Waals surface area (Å²) in [7, 11) is 2.01. The van der Waals surface area contributed by atoms with E-state index in [-0.39, 0.29) is 0 Å². The predicted molar refractivity (Wildman–Crippen MR) is 80.0 cm³/mol. The summed E-state index contributed by atoms with van der Waals surface area (Å²) in [6.07, 6.45) is 0. The number of anilines is 1. The third kappa shape index (κ3) is 2.92. The molecule has 18 heavy (non-hydrogen) atoms. The van der Waals surface area contributed by atoms with Gasteiger partial charge in [0.1, 0.15) is 6.07 Å². The van der Waals surface area contributed by atoms with E-state index in [1.807, 2.05) is 32.2 Å². The van der Waals surface area contributed by atoms with E-state index in [9.17, 15) is 5.26 Å². The fourth-order valence-corrected chi connectivity index (χ4v) is 3.33. The molecule has 0 amide bonds. The molecule has 0 spiro atoms. The highest BCUT2D eigenvalue weighted by Gasteiger charge is 2.09. The maximum Gasteiger partial charge on any atom is 0.101 e. The standard InChI is InChI=1S/C14H13BrN2S/c1-10-3-4-14(11(5-10)7-16)17(2)8-13-6-12(15)9-18-13/h3-6,9H,8H2,1-2H3. The molecule has 0 unspecified atom stereocenters. The van der Waals surface area contributed by atoms with Crippen LogP contribution in [-0.4, -0.2) is 7.05 Å². The molecule has 0 atom stereocenters. The lowest BCUT2D eigenvalue weighted by atomic mass is 10.1. The predicted octanol–water partition coefficient (Wildman–Crippen LogP) is 4.33. The van der Waals surface area contributed by atoms with Crippen molar-refractivity contribution in [2.45, 2.75) is 13.5 Å². The van der Waals surface area contributed by atoms with Crippen molar-refractivity contribution < 1.29 is 0 Å². The molecule has 0 saturated heterocycles. The highest BCUT2D eigenvalue weighted by molar-refractivity contribution is 9.10. The van der Waals surface area contributed by atoms with Crippen LogP contribution in [0.4, 0.5) is 5.69 Å². The van der Waals surface area contributed by atoms with Crippen LogP contribution in [0.5, 0.6) is 0 Å². The molecule has 1 aromatic carbocycles.